The zero-order valence-corrected chi connectivity index (χ0v) is 19.0. The van der Waals surface area contributed by atoms with Crippen molar-refractivity contribution in [2.24, 2.45) is 5.73 Å². The van der Waals surface area contributed by atoms with E-state index in [2.05, 4.69) is 0 Å². The van der Waals surface area contributed by atoms with Crippen LogP contribution in [0, 0.1) is 6.92 Å². The Balaban J connectivity index is 0.00000225. The summed E-state index contributed by atoms with van der Waals surface area (Å²) in [6, 6.07) is 2.14. The van der Waals surface area contributed by atoms with Gasteiger partial charge in [0.25, 0.3) is 5.91 Å². The van der Waals surface area contributed by atoms with E-state index in [9.17, 15) is 28.3 Å². The van der Waals surface area contributed by atoms with Gasteiger partial charge in [0, 0.05) is 19.2 Å². The SMILES string of the molecule is CC(=O)N1c2c(ccc(C)c2O)C(=O)N2C=C(/C=C/C(N)=O)CC2C1S(=O)O.[H-].[Na+]. The Labute approximate surface area is 193 Å². The van der Waals surface area contributed by atoms with Crippen LogP contribution in [-0.2, 0) is 20.7 Å². The van der Waals surface area contributed by atoms with Crippen molar-refractivity contribution >= 4 is 34.5 Å². The van der Waals surface area contributed by atoms with Crippen LogP contribution in [0.1, 0.15) is 30.7 Å². The number of phenolic OH excluding ortho intramolecular Hbond substituents is 1. The zero-order chi connectivity index (χ0) is 20.7. The minimum atomic E-state index is -2.54. The number of hydrogen-bond donors (Lipinski definition) is 3. The topological polar surface area (TPSA) is 141 Å². The molecule has 4 N–H and O–H groups in total. The largest absolute Gasteiger partial charge is 1.00 e. The van der Waals surface area contributed by atoms with Gasteiger partial charge in [0.05, 0.1) is 11.6 Å². The van der Waals surface area contributed by atoms with E-state index in [1.165, 1.54) is 36.2 Å². The van der Waals surface area contributed by atoms with Gasteiger partial charge in [0.15, 0.2) is 16.5 Å². The molecular weight excluding hydrogens is 409 g/mol. The van der Waals surface area contributed by atoms with Gasteiger partial charge in [0.1, 0.15) is 11.4 Å². The number of anilines is 1. The van der Waals surface area contributed by atoms with Crippen molar-refractivity contribution in [2.45, 2.75) is 31.7 Å². The quantitative estimate of drug-likeness (QED) is 0.285. The molecule has 9 nitrogen and oxygen atoms in total. The number of carbonyl (C=O) groups is 3. The Morgan fingerprint density at radius 1 is 1.38 bits per heavy atom. The van der Waals surface area contributed by atoms with Gasteiger partial charge < -0.3 is 21.7 Å². The van der Waals surface area contributed by atoms with Gasteiger partial charge in [-0.1, -0.05) is 12.1 Å². The number of aromatic hydroxyl groups is 1. The fraction of sp³-hybridized carbons (Fsp3) is 0.278. The van der Waals surface area contributed by atoms with Crippen LogP contribution >= 0.6 is 0 Å². The molecule has 0 bridgehead atoms. The van der Waals surface area contributed by atoms with E-state index >= 15 is 0 Å². The van der Waals surface area contributed by atoms with Gasteiger partial charge in [-0.15, -0.1) is 0 Å². The molecule has 0 fully saturated rings. The fourth-order valence-corrected chi connectivity index (χ4v) is 4.44. The van der Waals surface area contributed by atoms with Crippen LogP contribution in [0.2, 0.25) is 0 Å². The fourth-order valence-electron chi connectivity index (χ4n) is 3.51. The summed E-state index contributed by atoms with van der Waals surface area (Å²) in [4.78, 5) is 38.8. The number of phenols is 1. The summed E-state index contributed by atoms with van der Waals surface area (Å²) >= 11 is -2.54. The predicted molar refractivity (Wildman–Crippen MR) is 103 cm³/mol. The smallest absolute Gasteiger partial charge is 1.00 e. The Hall–Kier alpha value is -1.98. The first-order valence-corrected chi connectivity index (χ1v) is 9.53. The van der Waals surface area contributed by atoms with E-state index in [0.717, 1.165) is 11.0 Å². The summed E-state index contributed by atoms with van der Waals surface area (Å²) in [7, 11) is 0. The van der Waals surface area contributed by atoms with E-state index in [1.807, 2.05) is 0 Å². The first-order valence-electron chi connectivity index (χ1n) is 8.36. The first kappa shape index (κ1) is 23.3. The van der Waals surface area contributed by atoms with E-state index in [0.29, 0.717) is 11.1 Å². The maximum atomic E-state index is 13.1. The molecule has 29 heavy (non-hydrogen) atoms. The van der Waals surface area contributed by atoms with Crippen molar-refractivity contribution in [1.82, 2.24) is 4.90 Å². The molecule has 0 spiro atoms. The number of nitrogens with two attached hydrogens (primary N) is 1. The molecule has 3 rings (SSSR count). The van der Waals surface area contributed by atoms with E-state index in [-0.39, 0.29) is 54.4 Å². The van der Waals surface area contributed by atoms with Gasteiger partial charge >= 0.3 is 29.6 Å². The molecule has 2 heterocycles. The van der Waals surface area contributed by atoms with Crippen molar-refractivity contribution in [3.05, 3.63) is 47.2 Å². The average molecular weight is 429 g/mol. The molecular formula is C18H20N3NaO6S. The summed E-state index contributed by atoms with van der Waals surface area (Å²) in [6.45, 7) is 2.80. The number of carbonyl (C=O) groups excluding carboxylic acids is 3. The Morgan fingerprint density at radius 3 is 2.59 bits per heavy atom. The second-order valence-electron chi connectivity index (χ2n) is 6.61. The molecule has 1 aromatic rings. The molecule has 0 saturated carbocycles. The minimum absolute atomic E-state index is 0. The van der Waals surface area contributed by atoms with Crippen LogP contribution in [-0.4, -0.2) is 47.9 Å². The maximum absolute atomic E-state index is 13.1. The Morgan fingerprint density at radius 2 is 2.03 bits per heavy atom. The summed E-state index contributed by atoms with van der Waals surface area (Å²) in [5.74, 6) is -2.09. The predicted octanol–water partition coefficient (Wildman–Crippen LogP) is -2.13. The van der Waals surface area contributed by atoms with Crippen LogP contribution in [0.15, 0.2) is 36.1 Å². The van der Waals surface area contributed by atoms with Gasteiger partial charge in [-0.2, -0.15) is 0 Å². The molecule has 0 aliphatic carbocycles. The molecule has 0 aromatic heterocycles. The van der Waals surface area contributed by atoms with Crippen molar-refractivity contribution in [3.63, 3.8) is 0 Å². The van der Waals surface area contributed by atoms with Crippen molar-refractivity contribution in [1.29, 1.82) is 0 Å². The van der Waals surface area contributed by atoms with Gasteiger partial charge in [-0.05, 0) is 30.5 Å². The Bertz CT molecular complexity index is 983. The minimum Gasteiger partial charge on any atom is -1.00 e. The number of amides is 3. The maximum Gasteiger partial charge on any atom is 1.00 e. The van der Waals surface area contributed by atoms with Crippen LogP contribution in [0.5, 0.6) is 5.75 Å². The van der Waals surface area contributed by atoms with Crippen LogP contribution in [0.25, 0.3) is 0 Å². The van der Waals surface area contributed by atoms with Crippen molar-refractivity contribution in [2.75, 3.05) is 4.90 Å². The molecule has 0 saturated heterocycles. The second kappa shape index (κ2) is 8.80. The van der Waals surface area contributed by atoms with Crippen molar-refractivity contribution in [3.8, 4) is 5.75 Å². The summed E-state index contributed by atoms with van der Waals surface area (Å²) in [5.41, 5.74) is 6.01. The zero-order valence-electron chi connectivity index (χ0n) is 17.2. The van der Waals surface area contributed by atoms with Gasteiger partial charge in [0.2, 0.25) is 11.8 Å². The molecule has 3 atom stereocenters. The molecule has 2 aliphatic rings. The summed E-state index contributed by atoms with van der Waals surface area (Å²) in [6.07, 6.45) is 4.13. The number of hydrogen-bond acceptors (Lipinski definition) is 5. The monoisotopic (exact) mass is 429 g/mol. The molecule has 3 amide bonds. The molecule has 1 aromatic carbocycles. The van der Waals surface area contributed by atoms with Gasteiger partial charge in [-0.3, -0.25) is 19.3 Å². The molecule has 3 unspecified atom stereocenters. The number of rotatable bonds is 3. The number of aryl methyl sites for hydroxylation is 1. The van der Waals surface area contributed by atoms with Crippen LogP contribution in [0.4, 0.5) is 5.69 Å². The summed E-state index contributed by atoms with van der Waals surface area (Å²) in [5, 5.41) is 9.23. The number of nitrogens with zero attached hydrogens (tertiary/aromatic N) is 2. The third kappa shape index (κ3) is 4.17. The van der Waals surface area contributed by atoms with Gasteiger partial charge in [-0.25, -0.2) is 4.21 Å². The number of primary amides is 1. The molecule has 150 valence electrons. The van der Waals surface area contributed by atoms with E-state index in [4.69, 9.17) is 5.73 Å². The number of fused-ring (bicyclic) bond motifs is 2. The summed E-state index contributed by atoms with van der Waals surface area (Å²) < 4.78 is 22.2. The third-order valence-corrected chi connectivity index (χ3v) is 5.70. The second-order valence-corrected chi connectivity index (χ2v) is 7.64. The average Bonchev–Trinajstić information content (AvgIpc) is 2.99. The number of benzene rings is 1. The standard InChI is InChI=1S/C18H19N3O6S.Na.H/c1-9-3-5-12-15(16(9)24)21(10(2)22)18(28(26)27)13-7-11(4-6-14(19)23)8-20(13)17(12)25;;/h3-6,8,13,18,24H,7H2,1-2H3,(H2,19,23)(H,26,27);;/q;+1;-1/b6-4+;;. The third-order valence-electron chi connectivity index (χ3n) is 4.76. The first-order chi connectivity index (χ1) is 13.1. The molecule has 11 heteroatoms. The van der Waals surface area contributed by atoms with Crippen molar-refractivity contribution < 1.29 is 59.2 Å². The molecule has 2 aliphatic heterocycles. The van der Waals surface area contributed by atoms with Crippen LogP contribution < -0.4 is 40.2 Å². The van der Waals surface area contributed by atoms with E-state index < -0.39 is 40.2 Å². The van der Waals surface area contributed by atoms with E-state index in [1.54, 1.807) is 6.92 Å². The Kier molecular flexibility index (Phi) is 7.07. The molecule has 0 radical (unpaired) electrons. The number of allylic oxidation sites excluding steroid dienone is 1. The normalized spacial score (nSPS) is 21.8. The van der Waals surface area contributed by atoms with Crippen LogP contribution in [0.3, 0.4) is 0 Å².